The highest BCUT2D eigenvalue weighted by Gasteiger charge is 2.21. The fraction of sp³-hybridized carbons (Fsp3) is 0.385. The minimum Gasteiger partial charge on any atom is -0.484 e. The van der Waals surface area contributed by atoms with Crippen molar-refractivity contribution in [2.45, 2.75) is 4.90 Å². The average Bonchev–Trinajstić information content (AvgIpc) is 2.44. The van der Waals surface area contributed by atoms with Crippen LogP contribution in [0.2, 0.25) is 0 Å². The highest BCUT2D eigenvalue weighted by molar-refractivity contribution is 7.90. The second-order valence-electron chi connectivity index (χ2n) is 4.70. The fourth-order valence-corrected chi connectivity index (χ4v) is 2.54. The van der Waals surface area contributed by atoms with E-state index in [9.17, 15) is 18.0 Å². The first-order chi connectivity index (χ1) is 9.86. The summed E-state index contributed by atoms with van der Waals surface area (Å²) in [5.74, 6) is -0.212. The standard InChI is InChI=1S/C13H16N2O5S/c1-21(18,19)11-4-2-3-10(7-11)20-9-13(17)15-6-5-14-12(16)8-15/h2-4,7H,5-6,8-9H2,1H3,(H,14,16). The molecule has 1 aromatic carbocycles. The number of benzene rings is 1. The lowest BCUT2D eigenvalue weighted by atomic mass is 10.3. The minimum absolute atomic E-state index is 0.0194. The van der Waals surface area contributed by atoms with Crippen LogP contribution in [0.1, 0.15) is 0 Å². The van der Waals surface area contributed by atoms with Crippen LogP contribution in [0, 0.1) is 0 Å². The van der Waals surface area contributed by atoms with Crippen molar-refractivity contribution in [3.8, 4) is 5.75 Å². The van der Waals surface area contributed by atoms with Gasteiger partial charge >= 0.3 is 0 Å². The molecule has 0 saturated carbocycles. The summed E-state index contributed by atoms with van der Waals surface area (Å²) in [7, 11) is -3.32. The first-order valence-corrected chi connectivity index (χ1v) is 8.23. The van der Waals surface area contributed by atoms with Crippen LogP contribution in [0.15, 0.2) is 29.2 Å². The molecule has 1 N–H and O–H groups in total. The lowest BCUT2D eigenvalue weighted by Crippen LogP contribution is -2.51. The molecule has 0 unspecified atom stereocenters. The molecule has 1 aliphatic heterocycles. The number of nitrogens with zero attached hydrogens (tertiary/aromatic N) is 1. The Hall–Kier alpha value is -2.09. The van der Waals surface area contributed by atoms with Gasteiger partial charge in [0.1, 0.15) is 5.75 Å². The van der Waals surface area contributed by atoms with Gasteiger partial charge in [-0.05, 0) is 18.2 Å². The van der Waals surface area contributed by atoms with E-state index in [0.29, 0.717) is 18.8 Å². The van der Waals surface area contributed by atoms with Gasteiger partial charge in [-0.15, -0.1) is 0 Å². The van der Waals surface area contributed by atoms with Crippen LogP contribution in [-0.2, 0) is 19.4 Å². The first-order valence-electron chi connectivity index (χ1n) is 6.33. The summed E-state index contributed by atoms with van der Waals surface area (Å²) in [6.45, 7) is 0.650. The van der Waals surface area contributed by atoms with Gasteiger partial charge in [-0.25, -0.2) is 8.42 Å². The Labute approximate surface area is 122 Å². The van der Waals surface area contributed by atoms with Gasteiger partial charge in [0.15, 0.2) is 16.4 Å². The van der Waals surface area contributed by atoms with Crippen molar-refractivity contribution >= 4 is 21.7 Å². The Morgan fingerprint density at radius 3 is 2.86 bits per heavy atom. The highest BCUT2D eigenvalue weighted by Crippen LogP contribution is 2.17. The molecule has 2 rings (SSSR count). The highest BCUT2D eigenvalue weighted by atomic mass is 32.2. The number of rotatable bonds is 4. The Morgan fingerprint density at radius 1 is 1.43 bits per heavy atom. The maximum atomic E-state index is 11.9. The third-order valence-electron chi connectivity index (χ3n) is 2.99. The molecule has 0 radical (unpaired) electrons. The summed E-state index contributed by atoms with van der Waals surface area (Å²) in [6, 6.07) is 5.94. The monoisotopic (exact) mass is 312 g/mol. The maximum absolute atomic E-state index is 11.9. The van der Waals surface area contributed by atoms with Gasteiger partial charge < -0.3 is 15.0 Å². The van der Waals surface area contributed by atoms with E-state index in [4.69, 9.17) is 4.74 Å². The van der Waals surface area contributed by atoms with Crippen molar-refractivity contribution in [3.63, 3.8) is 0 Å². The Kier molecular flexibility index (Phi) is 4.46. The third kappa shape index (κ3) is 4.19. The van der Waals surface area contributed by atoms with E-state index in [-0.39, 0.29) is 29.9 Å². The number of nitrogens with one attached hydrogen (secondary N) is 1. The van der Waals surface area contributed by atoms with E-state index in [1.165, 1.54) is 17.0 Å². The predicted molar refractivity (Wildman–Crippen MR) is 74.6 cm³/mol. The van der Waals surface area contributed by atoms with Gasteiger partial charge in [-0.1, -0.05) is 6.07 Å². The zero-order chi connectivity index (χ0) is 15.5. The molecule has 1 aromatic rings. The summed E-state index contributed by atoms with van der Waals surface area (Å²) in [5, 5.41) is 2.62. The molecule has 1 heterocycles. The second kappa shape index (κ2) is 6.13. The number of ether oxygens (including phenoxy) is 1. The Balaban J connectivity index is 1.97. The summed E-state index contributed by atoms with van der Waals surface area (Å²) < 4.78 is 28.2. The van der Waals surface area contributed by atoms with Gasteiger partial charge in [0.2, 0.25) is 5.91 Å². The van der Waals surface area contributed by atoms with E-state index >= 15 is 0 Å². The number of hydrogen-bond acceptors (Lipinski definition) is 5. The molecule has 0 bridgehead atoms. The van der Waals surface area contributed by atoms with E-state index in [1.54, 1.807) is 12.1 Å². The van der Waals surface area contributed by atoms with Crippen LogP contribution in [0.4, 0.5) is 0 Å². The van der Waals surface area contributed by atoms with Crippen LogP contribution < -0.4 is 10.1 Å². The fourth-order valence-electron chi connectivity index (χ4n) is 1.88. The SMILES string of the molecule is CS(=O)(=O)c1cccc(OCC(=O)N2CCNC(=O)C2)c1. The molecule has 1 aliphatic rings. The third-order valence-corrected chi connectivity index (χ3v) is 4.10. The van der Waals surface area contributed by atoms with E-state index in [1.807, 2.05) is 0 Å². The maximum Gasteiger partial charge on any atom is 0.261 e. The topological polar surface area (TPSA) is 92.8 Å². The molecule has 7 nitrogen and oxygen atoms in total. The molecule has 114 valence electrons. The van der Waals surface area contributed by atoms with Crippen LogP contribution in [-0.4, -0.2) is 57.6 Å². The quantitative estimate of drug-likeness (QED) is 0.803. The largest absolute Gasteiger partial charge is 0.484 e. The summed E-state index contributed by atoms with van der Waals surface area (Å²) in [6.07, 6.45) is 1.10. The van der Waals surface area contributed by atoms with Crippen molar-refractivity contribution < 1.29 is 22.7 Å². The lowest BCUT2D eigenvalue weighted by molar-refractivity contribution is -0.139. The zero-order valence-electron chi connectivity index (χ0n) is 11.5. The molecule has 21 heavy (non-hydrogen) atoms. The molecule has 1 fully saturated rings. The molecule has 0 atom stereocenters. The number of carbonyl (C=O) groups excluding carboxylic acids is 2. The van der Waals surface area contributed by atoms with Gasteiger partial charge in [-0.2, -0.15) is 0 Å². The van der Waals surface area contributed by atoms with Crippen LogP contribution in [0.5, 0.6) is 5.75 Å². The van der Waals surface area contributed by atoms with Gasteiger partial charge in [0.25, 0.3) is 5.91 Å². The number of sulfone groups is 1. The van der Waals surface area contributed by atoms with Crippen LogP contribution in [0.25, 0.3) is 0 Å². The summed E-state index contributed by atoms with van der Waals surface area (Å²) in [5.41, 5.74) is 0. The van der Waals surface area contributed by atoms with Crippen molar-refractivity contribution in [1.29, 1.82) is 0 Å². The van der Waals surface area contributed by atoms with Crippen LogP contribution in [0.3, 0.4) is 0 Å². The number of piperazine rings is 1. The van der Waals surface area contributed by atoms with E-state index in [2.05, 4.69) is 5.32 Å². The summed E-state index contributed by atoms with van der Waals surface area (Å²) in [4.78, 5) is 24.6. The zero-order valence-corrected chi connectivity index (χ0v) is 12.4. The molecular weight excluding hydrogens is 296 g/mol. The van der Waals surface area contributed by atoms with Crippen molar-refractivity contribution in [1.82, 2.24) is 10.2 Å². The Bertz CT molecular complexity index is 656. The normalized spacial score (nSPS) is 15.5. The van der Waals surface area contributed by atoms with E-state index < -0.39 is 9.84 Å². The molecule has 2 amide bonds. The van der Waals surface area contributed by atoms with E-state index in [0.717, 1.165) is 6.26 Å². The first kappa shape index (κ1) is 15.3. The predicted octanol–water partition coefficient (Wildman–Crippen LogP) is -0.573. The van der Waals surface area contributed by atoms with Crippen molar-refractivity contribution in [3.05, 3.63) is 24.3 Å². The molecule has 0 spiro atoms. The van der Waals surface area contributed by atoms with Crippen molar-refractivity contribution in [2.75, 3.05) is 32.5 Å². The molecule has 8 heteroatoms. The van der Waals surface area contributed by atoms with Crippen molar-refractivity contribution in [2.24, 2.45) is 0 Å². The number of carbonyl (C=O) groups is 2. The smallest absolute Gasteiger partial charge is 0.261 e. The number of hydrogen-bond donors (Lipinski definition) is 1. The molecule has 0 aromatic heterocycles. The number of amides is 2. The summed E-state index contributed by atoms with van der Waals surface area (Å²) >= 11 is 0. The van der Waals surface area contributed by atoms with Gasteiger partial charge in [-0.3, -0.25) is 9.59 Å². The minimum atomic E-state index is -3.32. The molecule has 0 aliphatic carbocycles. The molecule has 1 saturated heterocycles. The van der Waals surface area contributed by atoms with Gasteiger partial charge in [0.05, 0.1) is 11.4 Å². The Morgan fingerprint density at radius 2 is 2.19 bits per heavy atom. The van der Waals surface area contributed by atoms with Crippen LogP contribution >= 0.6 is 0 Å². The van der Waals surface area contributed by atoms with Gasteiger partial charge in [0, 0.05) is 19.3 Å². The second-order valence-corrected chi connectivity index (χ2v) is 6.72. The average molecular weight is 312 g/mol. The molecular formula is C13H16N2O5S. The lowest BCUT2D eigenvalue weighted by Gasteiger charge is -2.26.